The molecule has 3 rings (SSSR count). The summed E-state index contributed by atoms with van der Waals surface area (Å²) in [7, 11) is 0. The number of nitrogens with zero attached hydrogens (tertiary/aromatic N) is 3. The fourth-order valence-corrected chi connectivity index (χ4v) is 3.35. The zero-order chi connectivity index (χ0) is 23.3. The van der Waals surface area contributed by atoms with Crippen LogP contribution in [0.5, 0.6) is 0 Å². The van der Waals surface area contributed by atoms with Crippen LogP contribution in [-0.2, 0) is 11.0 Å². The largest absolute Gasteiger partial charge is 0.416 e. The molecule has 1 aromatic carbocycles. The van der Waals surface area contributed by atoms with Crippen LogP contribution in [-0.4, -0.2) is 33.3 Å². The van der Waals surface area contributed by atoms with Gasteiger partial charge in [-0.3, -0.25) is 9.59 Å². The van der Waals surface area contributed by atoms with Gasteiger partial charge in [0.2, 0.25) is 5.91 Å². The van der Waals surface area contributed by atoms with Crippen LogP contribution in [0, 0.1) is 0 Å². The Kier molecular flexibility index (Phi) is 6.88. The lowest BCUT2D eigenvalue weighted by Crippen LogP contribution is -2.27. The minimum Gasteiger partial charge on any atom is -0.368 e. The maximum atomic E-state index is 12.7. The summed E-state index contributed by atoms with van der Waals surface area (Å²) < 4.78 is 38.0. The van der Waals surface area contributed by atoms with Crippen molar-refractivity contribution in [1.29, 1.82) is 0 Å². The van der Waals surface area contributed by atoms with E-state index in [-0.39, 0.29) is 18.1 Å². The molecule has 2 amide bonds. The Labute approximate surface area is 184 Å². The summed E-state index contributed by atoms with van der Waals surface area (Å²) in [6, 6.07) is 5.56. The standard InChI is InChI=1S/C19H18F3N7O2S/c1-10(28-17(31)13-6-16(27-9-26-13)24-8-15(23)30)14-7-25-18(32-14)29-12-4-2-11(3-5-12)19(20,21)22/h2-7,9-10H,8H2,1H3,(H2,23,30)(H,25,29)(H,28,31)(H,24,26,27). The third kappa shape index (κ3) is 6.14. The molecule has 0 saturated heterocycles. The van der Waals surface area contributed by atoms with Crippen LogP contribution >= 0.6 is 11.3 Å². The fraction of sp³-hybridized carbons (Fsp3) is 0.211. The first kappa shape index (κ1) is 22.9. The molecule has 0 spiro atoms. The van der Waals surface area contributed by atoms with E-state index in [1.807, 2.05) is 0 Å². The number of alkyl halides is 3. The van der Waals surface area contributed by atoms with Crippen LogP contribution < -0.4 is 21.7 Å². The molecule has 0 fully saturated rings. The van der Waals surface area contributed by atoms with Gasteiger partial charge >= 0.3 is 6.18 Å². The van der Waals surface area contributed by atoms with Crippen LogP contribution in [0.3, 0.4) is 0 Å². The number of nitrogens with one attached hydrogen (secondary N) is 3. The maximum Gasteiger partial charge on any atom is 0.416 e. The smallest absolute Gasteiger partial charge is 0.368 e. The monoisotopic (exact) mass is 465 g/mol. The van der Waals surface area contributed by atoms with Crippen LogP contribution in [0.15, 0.2) is 42.9 Å². The Balaban J connectivity index is 1.61. The molecule has 5 N–H and O–H groups in total. The third-order valence-electron chi connectivity index (χ3n) is 4.10. The van der Waals surface area contributed by atoms with Crippen molar-refractivity contribution in [2.24, 2.45) is 5.73 Å². The van der Waals surface area contributed by atoms with E-state index in [9.17, 15) is 22.8 Å². The van der Waals surface area contributed by atoms with Crippen LogP contribution in [0.4, 0.5) is 29.8 Å². The molecule has 0 aliphatic rings. The molecular formula is C19H18F3N7O2S. The molecule has 9 nitrogen and oxygen atoms in total. The highest BCUT2D eigenvalue weighted by molar-refractivity contribution is 7.15. The zero-order valence-electron chi connectivity index (χ0n) is 16.6. The number of carbonyl (C=O) groups excluding carboxylic acids is 2. The quantitative estimate of drug-likeness (QED) is 0.402. The topological polar surface area (TPSA) is 135 Å². The van der Waals surface area contributed by atoms with Gasteiger partial charge < -0.3 is 21.7 Å². The Morgan fingerprint density at radius 1 is 1.16 bits per heavy atom. The van der Waals surface area contributed by atoms with Crippen molar-refractivity contribution in [1.82, 2.24) is 20.3 Å². The summed E-state index contributed by atoms with van der Waals surface area (Å²) >= 11 is 1.24. The predicted molar refractivity (Wildman–Crippen MR) is 112 cm³/mol. The summed E-state index contributed by atoms with van der Waals surface area (Å²) in [5.41, 5.74) is 4.87. The maximum absolute atomic E-state index is 12.7. The van der Waals surface area contributed by atoms with E-state index >= 15 is 0 Å². The average molecular weight is 465 g/mol. The zero-order valence-corrected chi connectivity index (χ0v) is 17.4. The highest BCUT2D eigenvalue weighted by Crippen LogP contribution is 2.31. The van der Waals surface area contributed by atoms with Gasteiger partial charge in [0.1, 0.15) is 17.8 Å². The number of primary amides is 1. The minimum absolute atomic E-state index is 0.0893. The highest BCUT2D eigenvalue weighted by atomic mass is 32.1. The lowest BCUT2D eigenvalue weighted by atomic mass is 10.2. The lowest BCUT2D eigenvalue weighted by Gasteiger charge is -2.12. The molecule has 32 heavy (non-hydrogen) atoms. The van der Waals surface area contributed by atoms with Crippen molar-refractivity contribution < 1.29 is 22.8 Å². The molecule has 0 aliphatic heterocycles. The van der Waals surface area contributed by atoms with E-state index in [4.69, 9.17) is 5.73 Å². The van der Waals surface area contributed by atoms with Gasteiger partial charge in [-0.2, -0.15) is 13.2 Å². The number of carbonyl (C=O) groups is 2. The fourth-order valence-electron chi connectivity index (χ4n) is 2.51. The summed E-state index contributed by atoms with van der Waals surface area (Å²) in [5, 5.41) is 8.85. The van der Waals surface area contributed by atoms with Crippen molar-refractivity contribution in [2.75, 3.05) is 17.2 Å². The normalized spacial score (nSPS) is 12.1. The molecule has 1 atom stereocenters. The molecule has 0 aliphatic carbocycles. The average Bonchev–Trinajstić information content (AvgIpc) is 3.21. The first-order valence-electron chi connectivity index (χ1n) is 9.17. The number of rotatable bonds is 8. The molecule has 168 valence electrons. The van der Waals surface area contributed by atoms with Gasteiger partial charge in [0.15, 0.2) is 5.13 Å². The summed E-state index contributed by atoms with van der Waals surface area (Å²) in [6.07, 6.45) is -1.66. The second-order valence-corrected chi connectivity index (χ2v) is 7.63. The molecule has 1 unspecified atom stereocenters. The van der Waals surface area contributed by atoms with Gasteiger partial charge in [0.25, 0.3) is 5.91 Å². The molecular weight excluding hydrogens is 447 g/mol. The molecule has 2 heterocycles. The lowest BCUT2D eigenvalue weighted by molar-refractivity contribution is -0.137. The van der Waals surface area contributed by atoms with Gasteiger partial charge in [0.05, 0.1) is 18.2 Å². The molecule has 0 bridgehead atoms. The Bertz CT molecular complexity index is 1100. The number of hydrogen-bond acceptors (Lipinski definition) is 8. The van der Waals surface area contributed by atoms with E-state index in [2.05, 4.69) is 30.9 Å². The first-order valence-corrected chi connectivity index (χ1v) is 9.98. The van der Waals surface area contributed by atoms with E-state index in [1.165, 1.54) is 35.9 Å². The molecule has 0 saturated carbocycles. The van der Waals surface area contributed by atoms with Gasteiger partial charge in [0, 0.05) is 22.8 Å². The molecule has 13 heteroatoms. The molecule has 2 aromatic heterocycles. The Morgan fingerprint density at radius 2 is 1.88 bits per heavy atom. The Morgan fingerprint density at radius 3 is 2.53 bits per heavy atom. The minimum atomic E-state index is -4.40. The van der Waals surface area contributed by atoms with Crippen LogP contribution in [0.25, 0.3) is 0 Å². The summed E-state index contributed by atoms with van der Waals surface area (Å²) in [4.78, 5) is 36.1. The van der Waals surface area contributed by atoms with Crippen molar-refractivity contribution in [2.45, 2.75) is 19.1 Å². The number of nitrogens with two attached hydrogens (primary N) is 1. The van der Waals surface area contributed by atoms with E-state index in [1.54, 1.807) is 13.1 Å². The highest BCUT2D eigenvalue weighted by Gasteiger charge is 2.30. The number of aromatic nitrogens is 3. The molecule has 3 aromatic rings. The van der Waals surface area contributed by atoms with Crippen molar-refractivity contribution in [3.8, 4) is 0 Å². The summed E-state index contributed by atoms with van der Waals surface area (Å²) in [5.74, 6) is -0.765. The Hall–Kier alpha value is -3.74. The van der Waals surface area contributed by atoms with Crippen molar-refractivity contribution >= 4 is 39.8 Å². The predicted octanol–water partition coefficient (Wildman–Crippen LogP) is 3.08. The van der Waals surface area contributed by atoms with E-state index < -0.39 is 29.6 Å². The second kappa shape index (κ2) is 9.60. The van der Waals surface area contributed by atoms with Gasteiger partial charge in [-0.05, 0) is 31.2 Å². The van der Waals surface area contributed by atoms with Gasteiger partial charge in [-0.25, -0.2) is 15.0 Å². The first-order chi connectivity index (χ1) is 15.1. The number of amides is 2. The van der Waals surface area contributed by atoms with Crippen LogP contribution in [0.1, 0.15) is 33.9 Å². The van der Waals surface area contributed by atoms with Gasteiger partial charge in [-0.1, -0.05) is 11.3 Å². The number of thiazole rings is 1. The van der Waals surface area contributed by atoms with E-state index in [0.717, 1.165) is 12.1 Å². The number of halogens is 3. The van der Waals surface area contributed by atoms with Crippen molar-refractivity contribution in [3.63, 3.8) is 0 Å². The number of anilines is 3. The number of benzene rings is 1. The third-order valence-corrected chi connectivity index (χ3v) is 5.20. The molecule has 0 radical (unpaired) electrons. The second-order valence-electron chi connectivity index (χ2n) is 6.57. The van der Waals surface area contributed by atoms with Gasteiger partial charge in [-0.15, -0.1) is 0 Å². The number of hydrogen-bond donors (Lipinski definition) is 4. The SMILES string of the molecule is CC(NC(=O)c1cc(NCC(N)=O)ncn1)c1cnc(Nc2ccc(C(F)(F)F)cc2)s1. The van der Waals surface area contributed by atoms with Crippen LogP contribution in [0.2, 0.25) is 0 Å². The summed E-state index contributed by atoms with van der Waals surface area (Å²) in [6.45, 7) is 1.62. The van der Waals surface area contributed by atoms with Crippen molar-refractivity contribution in [3.05, 3.63) is 59.0 Å². The van der Waals surface area contributed by atoms with E-state index in [0.29, 0.717) is 15.7 Å².